The topological polar surface area (TPSA) is 0 Å². The predicted molar refractivity (Wildman–Crippen MR) is 195 cm³/mol. The Morgan fingerprint density at radius 2 is 0.488 bits per heavy atom. The minimum atomic E-state index is 0. The van der Waals surface area contributed by atoms with Crippen LogP contribution in [0.25, 0.3) is 0 Å². The van der Waals surface area contributed by atoms with Gasteiger partial charge in [-0.05, 0) is 29.6 Å². The van der Waals surface area contributed by atoms with E-state index in [0.717, 1.165) is 29.6 Å². The summed E-state index contributed by atoms with van der Waals surface area (Å²) in [6, 6.07) is 0. The molecule has 252 valence electrons. The van der Waals surface area contributed by atoms with Crippen LogP contribution in [0.4, 0.5) is 0 Å². The molecule has 5 saturated carbocycles. The summed E-state index contributed by atoms with van der Waals surface area (Å²) in [4.78, 5) is 0. The molecule has 0 nitrogen and oxygen atoms in total. The van der Waals surface area contributed by atoms with Gasteiger partial charge in [-0.25, -0.2) is 0 Å². The highest BCUT2D eigenvalue weighted by molar-refractivity contribution is 4.66. The molecule has 0 aromatic heterocycles. The van der Waals surface area contributed by atoms with Crippen LogP contribution in [0.1, 0.15) is 237 Å². The van der Waals surface area contributed by atoms with Crippen LogP contribution in [0.15, 0.2) is 0 Å². The van der Waals surface area contributed by atoms with Gasteiger partial charge in [0.05, 0.1) is 0 Å². The minimum Gasteiger partial charge on any atom is -0.0776 e. The zero-order valence-corrected chi connectivity index (χ0v) is 30.3. The van der Waals surface area contributed by atoms with Gasteiger partial charge >= 0.3 is 0 Å². The van der Waals surface area contributed by atoms with Crippen molar-refractivity contribution in [1.29, 1.82) is 0 Å². The van der Waals surface area contributed by atoms with Gasteiger partial charge in [0, 0.05) is 0 Å². The van der Waals surface area contributed by atoms with E-state index in [4.69, 9.17) is 0 Å². The van der Waals surface area contributed by atoms with Gasteiger partial charge in [0.25, 0.3) is 0 Å². The van der Waals surface area contributed by atoms with Crippen LogP contribution in [0.2, 0.25) is 0 Å². The molecule has 5 aliphatic rings. The van der Waals surface area contributed by atoms with Crippen LogP contribution in [0, 0.1) is 29.6 Å². The van der Waals surface area contributed by atoms with Crippen molar-refractivity contribution in [3.63, 3.8) is 0 Å². The molecule has 0 atom stereocenters. The molecule has 0 N–H and O–H groups in total. The Hall–Kier alpha value is 0. The molecule has 0 unspecified atom stereocenters. The summed E-state index contributed by atoms with van der Waals surface area (Å²) in [5, 5.41) is 0. The second kappa shape index (κ2) is 36.2. The SMILES string of the molecule is C.CC.CC.CC1CCCC1.CCC1CCCC1.CCC1CCCC1.CCC1CCCCC1.CCC1CCCCC1. The molecule has 0 saturated heterocycles. The molecule has 0 heterocycles. The average molecular weight is 581 g/mol. The zero-order chi connectivity index (χ0) is 30.3. The summed E-state index contributed by atoms with van der Waals surface area (Å²) in [6.45, 7) is 19.6. The van der Waals surface area contributed by atoms with Crippen molar-refractivity contribution < 1.29 is 0 Å². The van der Waals surface area contributed by atoms with E-state index in [0.29, 0.717) is 0 Å². The van der Waals surface area contributed by atoms with Gasteiger partial charge in [0.15, 0.2) is 0 Å². The van der Waals surface area contributed by atoms with E-state index in [-0.39, 0.29) is 7.43 Å². The standard InChI is InChI=1S/2C8H16.2C7H14.C6H12.2C2H6.CH4/c2*1-2-8-6-4-3-5-7-8;2*1-2-7-5-3-4-6-7;1-6-4-2-3-5-6;2*1-2;/h2*8H,2-7H2,1H3;2*7H,2-6H2,1H3;6H,2-5H2,1H3;2*1-2H3;1H4. The molecule has 5 fully saturated rings. The summed E-state index contributed by atoms with van der Waals surface area (Å²) < 4.78 is 0. The van der Waals surface area contributed by atoms with Crippen molar-refractivity contribution in [3.05, 3.63) is 0 Å². The monoisotopic (exact) mass is 581 g/mol. The Kier molecular flexibility index (Phi) is 40.1. The Balaban J connectivity index is -0.000000425. The van der Waals surface area contributed by atoms with Gasteiger partial charge in [-0.2, -0.15) is 0 Å². The first-order chi connectivity index (χ1) is 19.6. The summed E-state index contributed by atoms with van der Waals surface area (Å²) in [6.07, 6.45) is 38.7. The Labute approximate surface area is 265 Å². The van der Waals surface area contributed by atoms with Gasteiger partial charge in [-0.1, -0.05) is 237 Å². The average Bonchev–Trinajstić information content (AvgIpc) is 3.86. The second-order valence-corrected chi connectivity index (χ2v) is 13.3. The first-order valence-electron chi connectivity index (χ1n) is 19.6. The first kappa shape index (κ1) is 45.4. The zero-order valence-electron chi connectivity index (χ0n) is 30.3. The van der Waals surface area contributed by atoms with E-state index in [1.54, 1.807) is 0 Å². The van der Waals surface area contributed by atoms with Crippen LogP contribution >= 0.6 is 0 Å². The number of hydrogen-bond acceptors (Lipinski definition) is 0. The van der Waals surface area contributed by atoms with Crippen LogP contribution < -0.4 is 0 Å². The highest BCUT2D eigenvalue weighted by atomic mass is 14.2. The lowest BCUT2D eigenvalue weighted by Crippen LogP contribution is -2.03. The van der Waals surface area contributed by atoms with E-state index >= 15 is 0 Å². The summed E-state index contributed by atoms with van der Waals surface area (Å²) in [5.41, 5.74) is 0. The molecule has 41 heavy (non-hydrogen) atoms. The second-order valence-electron chi connectivity index (χ2n) is 13.3. The molecule has 5 aliphatic carbocycles. The van der Waals surface area contributed by atoms with E-state index in [1.807, 2.05) is 27.7 Å². The Morgan fingerprint density at radius 1 is 0.317 bits per heavy atom. The summed E-state index contributed by atoms with van der Waals surface area (Å²) in [7, 11) is 0. The molecular formula is C41H88. The van der Waals surface area contributed by atoms with Gasteiger partial charge in [0.2, 0.25) is 0 Å². The molecule has 0 bridgehead atoms. The summed E-state index contributed by atoms with van der Waals surface area (Å²) >= 11 is 0. The van der Waals surface area contributed by atoms with Crippen LogP contribution in [-0.4, -0.2) is 0 Å². The lowest BCUT2D eigenvalue weighted by atomic mass is 9.88. The maximum absolute atomic E-state index is 2.34. The van der Waals surface area contributed by atoms with Gasteiger partial charge in [-0.15, -0.1) is 0 Å². The van der Waals surface area contributed by atoms with Crippen molar-refractivity contribution in [3.8, 4) is 0 Å². The lowest BCUT2D eigenvalue weighted by Gasteiger charge is -2.18. The minimum absolute atomic E-state index is 0. The van der Waals surface area contributed by atoms with Crippen molar-refractivity contribution in [2.75, 3.05) is 0 Å². The lowest BCUT2D eigenvalue weighted by molar-refractivity contribution is 0.349. The fraction of sp³-hybridized carbons (Fsp3) is 1.00. The Bertz CT molecular complexity index is 375. The molecule has 0 aromatic rings. The third kappa shape index (κ3) is 28.5. The fourth-order valence-corrected chi connectivity index (χ4v) is 7.16. The van der Waals surface area contributed by atoms with Gasteiger partial charge < -0.3 is 0 Å². The van der Waals surface area contributed by atoms with Crippen LogP contribution in [0.5, 0.6) is 0 Å². The van der Waals surface area contributed by atoms with Crippen LogP contribution in [0.3, 0.4) is 0 Å². The van der Waals surface area contributed by atoms with Gasteiger partial charge in [0.1, 0.15) is 0 Å². The normalized spacial score (nSPS) is 21.3. The van der Waals surface area contributed by atoms with E-state index in [2.05, 4.69) is 34.6 Å². The predicted octanol–water partition coefficient (Wildman–Crippen LogP) is 16.0. The third-order valence-corrected chi connectivity index (χ3v) is 10.4. The number of hydrogen-bond donors (Lipinski definition) is 0. The summed E-state index contributed by atoms with van der Waals surface area (Å²) in [5.74, 6) is 5.41. The highest BCUT2D eigenvalue weighted by Crippen LogP contribution is 2.28. The van der Waals surface area contributed by atoms with E-state index < -0.39 is 0 Å². The number of rotatable bonds is 4. The van der Waals surface area contributed by atoms with Crippen molar-refractivity contribution in [1.82, 2.24) is 0 Å². The van der Waals surface area contributed by atoms with Crippen molar-refractivity contribution in [2.24, 2.45) is 29.6 Å². The third-order valence-electron chi connectivity index (χ3n) is 10.4. The maximum Gasteiger partial charge on any atom is -0.0417 e. The Morgan fingerprint density at radius 3 is 0.610 bits per heavy atom. The molecule has 0 spiro atoms. The molecule has 0 aliphatic heterocycles. The first-order valence-corrected chi connectivity index (χ1v) is 19.6. The molecule has 0 aromatic carbocycles. The maximum atomic E-state index is 2.34. The van der Waals surface area contributed by atoms with Crippen molar-refractivity contribution in [2.45, 2.75) is 237 Å². The van der Waals surface area contributed by atoms with E-state index in [9.17, 15) is 0 Å². The molecule has 0 heteroatoms. The highest BCUT2D eigenvalue weighted by Gasteiger charge is 2.12. The molecular weight excluding hydrogens is 492 g/mol. The molecule has 0 amide bonds. The van der Waals surface area contributed by atoms with E-state index in [1.165, 1.54) is 167 Å². The largest absolute Gasteiger partial charge is 0.0776 e. The van der Waals surface area contributed by atoms with Crippen molar-refractivity contribution >= 4 is 0 Å². The molecule has 0 radical (unpaired) electrons. The molecule has 5 rings (SSSR count). The smallest absolute Gasteiger partial charge is 0.0417 e. The van der Waals surface area contributed by atoms with Gasteiger partial charge in [-0.3, -0.25) is 0 Å². The van der Waals surface area contributed by atoms with Crippen LogP contribution in [-0.2, 0) is 0 Å². The quantitative estimate of drug-likeness (QED) is 0.310. The fourth-order valence-electron chi connectivity index (χ4n) is 7.16.